The molecule has 0 bridgehead atoms. The molecule has 32 heavy (non-hydrogen) atoms. The van der Waals surface area contributed by atoms with Crippen LogP contribution >= 0.6 is 0 Å². The summed E-state index contributed by atoms with van der Waals surface area (Å²) < 4.78 is 11.9. The Kier molecular flexibility index (Phi) is 14.4. The molecular formula is C29H48O3. The molecule has 3 atom stereocenters. The van der Waals surface area contributed by atoms with Gasteiger partial charge in [0.2, 0.25) is 0 Å². The Morgan fingerprint density at radius 1 is 0.812 bits per heavy atom. The van der Waals surface area contributed by atoms with Crippen LogP contribution in [0.25, 0.3) is 0 Å². The number of rotatable bonds is 20. The summed E-state index contributed by atoms with van der Waals surface area (Å²) in [6.07, 6.45) is 20.0. The van der Waals surface area contributed by atoms with Crippen LogP contribution in [0.4, 0.5) is 0 Å². The molecule has 0 amide bonds. The number of benzene rings is 1. The zero-order chi connectivity index (χ0) is 22.9. The van der Waals surface area contributed by atoms with Crippen LogP contribution in [0, 0.1) is 5.92 Å². The van der Waals surface area contributed by atoms with Gasteiger partial charge in [-0.05, 0) is 18.4 Å². The van der Waals surface area contributed by atoms with Crippen molar-refractivity contribution in [2.45, 2.75) is 135 Å². The van der Waals surface area contributed by atoms with Gasteiger partial charge in [0.1, 0.15) is 6.10 Å². The molecule has 1 saturated heterocycles. The van der Waals surface area contributed by atoms with Crippen molar-refractivity contribution in [2.75, 3.05) is 0 Å². The summed E-state index contributed by atoms with van der Waals surface area (Å²) in [5, 5.41) is 0. The second kappa shape index (κ2) is 17.2. The number of esters is 1. The summed E-state index contributed by atoms with van der Waals surface area (Å²) in [5.41, 5.74) is 1.21. The number of carbonyl (C=O) groups excluding carboxylic acids is 1. The van der Waals surface area contributed by atoms with E-state index >= 15 is 0 Å². The Bertz CT molecular complexity index is 585. The standard InChI is InChI=1S/C29H48O3/c1-3-5-7-9-10-11-12-13-17-21-26(31-24-25-19-15-14-16-20-25)23-28-27(29(30)32-28)22-18-8-6-4-2/h14-16,19-20,26-28H,3-13,17-18,21-24H2,1-2H3/t26-,27+,28+/m1/s1. The topological polar surface area (TPSA) is 35.5 Å². The van der Waals surface area contributed by atoms with Crippen molar-refractivity contribution in [1.29, 1.82) is 0 Å². The predicted octanol–water partition coefficient (Wildman–Crippen LogP) is 8.39. The smallest absolute Gasteiger partial charge is 0.313 e. The van der Waals surface area contributed by atoms with E-state index in [1.807, 2.05) is 6.07 Å². The first kappa shape index (κ1) is 26.9. The average Bonchev–Trinajstić information content (AvgIpc) is 2.81. The number of ether oxygens (including phenoxy) is 2. The van der Waals surface area contributed by atoms with Gasteiger partial charge in [-0.15, -0.1) is 0 Å². The molecule has 0 spiro atoms. The van der Waals surface area contributed by atoms with E-state index in [1.54, 1.807) is 0 Å². The van der Waals surface area contributed by atoms with Crippen molar-refractivity contribution in [3.05, 3.63) is 35.9 Å². The van der Waals surface area contributed by atoms with Gasteiger partial charge < -0.3 is 9.47 Å². The van der Waals surface area contributed by atoms with Crippen molar-refractivity contribution >= 4 is 5.97 Å². The van der Waals surface area contributed by atoms with E-state index in [9.17, 15) is 4.79 Å². The summed E-state index contributed by atoms with van der Waals surface area (Å²) in [5.74, 6) is 0.106. The Balaban J connectivity index is 1.72. The third-order valence-electron chi connectivity index (χ3n) is 6.84. The lowest BCUT2D eigenvalue weighted by Crippen LogP contribution is -2.47. The largest absolute Gasteiger partial charge is 0.461 e. The van der Waals surface area contributed by atoms with Crippen molar-refractivity contribution in [3.8, 4) is 0 Å². The average molecular weight is 445 g/mol. The third-order valence-corrected chi connectivity index (χ3v) is 6.84. The van der Waals surface area contributed by atoms with Crippen LogP contribution in [0.1, 0.15) is 122 Å². The van der Waals surface area contributed by atoms with E-state index in [2.05, 4.69) is 38.1 Å². The third kappa shape index (κ3) is 11.0. The fourth-order valence-corrected chi connectivity index (χ4v) is 4.70. The maximum absolute atomic E-state index is 12.0. The molecule has 1 aliphatic heterocycles. The molecule has 1 aromatic carbocycles. The highest BCUT2D eigenvalue weighted by atomic mass is 16.6. The highest BCUT2D eigenvalue weighted by Gasteiger charge is 2.42. The molecule has 182 valence electrons. The van der Waals surface area contributed by atoms with E-state index in [0.717, 1.165) is 25.7 Å². The molecule has 0 unspecified atom stereocenters. The second-order valence-electron chi connectivity index (χ2n) is 9.70. The minimum atomic E-state index is 0.0105. The molecule has 1 aliphatic rings. The molecule has 0 saturated carbocycles. The Morgan fingerprint density at radius 3 is 2.03 bits per heavy atom. The molecule has 0 N–H and O–H groups in total. The lowest BCUT2D eigenvalue weighted by molar-refractivity contribution is -0.190. The van der Waals surface area contributed by atoms with Gasteiger partial charge in [-0.3, -0.25) is 4.79 Å². The van der Waals surface area contributed by atoms with E-state index in [0.29, 0.717) is 6.61 Å². The summed E-state index contributed by atoms with van der Waals surface area (Å²) >= 11 is 0. The van der Waals surface area contributed by atoms with Crippen LogP contribution in [-0.4, -0.2) is 18.2 Å². The maximum Gasteiger partial charge on any atom is 0.313 e. The normalized spacial score (nSPS) is 18.9. The fraction of sp³-hybridized carbons (Fsp3) is 0.759. The van der Waals surface area contributed by atoms with Gasteiger partial charge in [0, 0.05) is 6.42 Å². The van der Waals surface area contributed by atoms with Gasteiger partial charge in [0.15, 0.2) is 0 Å². The van der Waals surface area contributed by atoms with Gasteiger partial charge in [0.25, 0.3) is 0 Å². The van der Waals surface area contributed by atoms with Crippen LogP contribution in [0.5, 0.6) is 0 Å². The van der Waals surface area contributed by atoms with Gasteiger partial charge >= 0.3 is 5.97 Å². The van der Waals surface area contributed by atoms with Crippen LogP contribution < -0.4 is 0 Å². The highest BCUT2D eigenvalue weighted by molar-refractivity contribution is 5.78. The molecule has 3 heteroatoms. The minimum Gasteiger partial charge on any atom is -0.461 e. The van der Waals surface area contributed by atoms with Crippen molar-refractivity contribution < 1.29 is 14.3 Å². The van der Waals surface area contributed by atoms with Crippen LogP contribution in [0.15, 0.2) is 30.3 Å². The van der Waals surface area contributed by atoms with Gasteiger partial charge in [-0.1, -0.05) is 128 Å². The molecule has 0 aliphatic carbocycles. The lowest BCUT2D eigenvalue weighted by atomic mass is 9.86. The quantitative estimate of drug-likeness (QED) is 0.150. The first-order valence-corrected chi connectivity index (χ1v) is 13.6. The molecule has 3 nitrogen and oxygen atoms in total. The van der Waals surface area contributed by atoms with Gasteiger partial charge in [-0.25, -0.2) is 0 Å². The van der Waals surface area contributed by atoms with E-state index in [-0.39, 0.29) is 24.1 Å². The predicted molar refractivity (Wildman–Crippen MR) is 134 cm³/mol. The Morgan fingerprint density at radius 2 is 1.41 bits per heavy atom. The van der Waals surface area contributed by atoms with Gasteiger partial charge in [0.05, 0.1) is 18.6 Å². The van der Waals surface area contributed by atoms with E-state index in [4.69, 9.17) is 9.47 Å². The molecule has 1 fully saturated rings. The number of hydrogen-bond donors (Lipinski definition) is 0. The monoisotopic (exact) mass is 444 g/mol. The first-order chi connectivity index (χ1) is 15.7. The van der Waals surface area contributed by atoms with Crippen molar-refractivity contribution in [3.63, 3.8) is 0 Å². The SMILES string of the molecule is CCCCCCCCCCC[C@H](C[C@@H]1OC(=O)[C@H]1CCCCCC)OCc1ccccc1. The summed E-state index contributed by atoms with van der Waals surface area (Å²) in [6, 6.07) is 10.4. The number of cyclic esters (lactones) is 1. The number of unbranched alkanes of at least 4 members (excludes halogenated alkanes) is 11. The molecule has 2 rings (SSSR count). The zero-order valence-electron chi connectivity index (χ0n) is 20.9. The molecule has 0 radical (unpaired) electrons. The highest BCUT2D eigenvalue weighted by Crippen LogP contribution is 2.32. The minimum absolute atomic E-state index is 0.0105. The maximum atomic E-state index is 12.0. The molecular weight excluding hydrogens is 396 g/mol. The lowest BCUT2D eigenvalue weighted by Gasteiger charge is -2.37. The molecule has 1 heterocycles. The molecule has 1 aromatic rings. The number of carbonyl (C=O) groups is 1. The second-order valence-corrected chi connectivity index (χ2v) is 9.70. The zero-order valence-corrected chi connectivity index (χ0v) is 20.9. The summed E-state index contributed by atoms with van der Waals surface area (Å²) in [7, 11) is 0. The van der Waals surface area contributed by atoms with Crippen molar-refractivity contribution in [2.24, 2.45) is 5.92 Å². The first-order valence-electron chi connectivity index (χ1n) is 13.6. The Labute approximate surface area is 197 Å². The molecule has 0 aromatic heterocycles. The fourth-order valence-electron chi connectivity index (χ4n) is 4.70. The van der Waals surface area contributed by atoms with Crippen molar-refractivity contribution in [1.82, 2.24) is 0 Å². The Hall–Kier alpha value is -1.35. The summed E-state index contributed by atoms with van der Waals surface area (Å²) in [6.45, 7) is 5.14. The van der Waals surface area contributed by atoms with Crippen LogP contribution in [-0.2, 0) is 20.9 Å². The van der Waals surface area contributed by atoms with Crippen LogP contribution in [0.2, 0.25) is 0 Å². The number of hydrogen-bond acceptors (Lipinski definition) is 3. The van der Waals surface area contributed by atoms with Gasteiger partial charge in [-0.2, -0.15) is 0 Å². The van der Waals surface area contributed by atoms with E-state index < -0.39 is 0 Å². The van der Waals surface area contributed by atoms with Crippen LogP contribution in [0.3, 0.4) is 0 Å². The summed E-state index contributed by atoms with van der Waals surface area (Å²) in [4.78, 5) is 12.0. The van der Waals surface area contributed by atoms with E-state index in [1.165, 1.54) is 82.6 Å².